The number of aliphatic hydroxyl groups is 5. The van der Waals surface area contributed by atoms with Gasteiger partial charge in [0.15, 0.2) is 5.78 Å². The molecule has 6 heteroatoms. The summed E-state index contributed by atoms with van der Waals surface area (Å²) in [6.07, 6.45) is 1.37. The normalized spacial score (nSPS) is 52.7. The molecule has 3 fully saturated rings. The molecule has 204 valence electrons. The lowest BCUT2D eigenvalue weighted by Crippen LogP contribution is -2.61. The maximum absolute atomic E-state index is 14.0. The second kappa shape index (κ2) is 7.88. The molecule has 0 spiro atoms. The minimum atomic E-state index is -0.987. The van der Waals surface area contributed by atoms with E-state index in [4.69, 9.17) is 0 Å². The second-order valence-electron chi connectivity index (χ2n) is 15.0. The van der Waals surface area contributed by atoms with E-state index in [0.29, 0.717) is 37.7 Å². The number of hydrogen-bond acceptors (Lipinski definition) is 6. The molecule has 5 N–H and O–H groups in total. The standard InChI is InChI=1S/C30H48O6/c1-26(2)20-13-18(31)24-23(28(20,5)11-10-21(26)33)19(32)14-29(6)17(12-22(34)30(24,29)7)15-8-9-16(25(15)35)27(3,4)36/h15-17,19-22,25,32-36H,8-14H2,1-7H3/t15-,16-,17+,19-,20?,21-,22+,25+,28+,29-,30+/m1/s1. The van der Waals surface area contributed by atoms with Crippen LogP contribution in [0.1, 0.15) is 93.4 Å². The first-order valence-corrected chi connectivity index (χ1v) is 14.1. The van der Waals surface area contributed by atoms with Crippen molar-refractivity contribution >= 4 is 5.78 Å². The van der Waals surface area contributed by atoms with Crippen LogP contribution in [0, 0.1) is 45.3 Å². The molecular formula is C30H48O6. The summed E-state index contributed by atoms with van der Waals surface area (Å²) in [6.45, 7) is 13.9. The molecule has 0 radical (unpaired) electrons. The van der Waals surface area contributed by atoms with Gasteiger partial charge in [-0.2, -0.15) is 0 Å². The van der Waals surface area contributed by atoms with E-state index < -0.39 is 51.7 Å². The Morgan fingerprint density at radius 3 is 2.14 bits per heavy atom. The summed E-state index contributed by atoms with van der Waals surface area (Å²) >= 11 is 0. The van der Waals surface area contributed by atoms with Gasteiger partial charge in [0.25, 0.3) is 0 Å². The summed E-state index contributed by atoms with van der Waals surface area (Å²) in [5.41, 5.74) is -1.77. The Hall–Kier alpha value is -0.790. The fourth-order valence-corrected chi connectivity index (χ4v) is 10.4. The van der Waals surface area contributed by atoms with Crippen LogP contribution in [0.25, 0.3) is 0 Å². The molecule has 3 saturated carbocycles. The van der Waals surface area contributed by atoms with Crippen LogP contribution in [-0.2, 0) is 4.79 Å². The SMILES string of the molecule is CC(C)(O)[C@@H]1CC[C@H]([C@@H]2C[C@H](O)[C@@]3(C)C4=C([C@H](O)C[C@]23C)[C@@]2(C)CC[C@@H](O)C(C)(C)C2CC4=O)[C@@H]1O. The molecule has 11 atom stereocenters. The first-order chi connectivity index (χ1) is 16.4. The summed E-state index contributed by atoms with van der Waals surface area (Å²) in [7, 11) is 0. The van der Waals surface area contributed by atoms with Gasteiger partial charge in [-0.05, 0) is 91.9 Å². The predicted octanol–water partition coefficient (Wildman–Crippen LogP) is 3.38. The maximum atomic E-state index is 14.0. The third-order valence-electron chi connectivity index (χ3n) is 12.7. The van der Waals surface area contributed by atoms with Crippen molar-refractivity contribution in [2.75, 3.05) is 0 Å². The summed E-state index contributed by atoms with van der Waals surface area (Å²) < 4.78 is 0. The summed E-state index contributed by atoms with van der Waals surface area (Å²) in [5, 5.41) is 56.4. The highest BCUT2D eigenvalue weighted by atomic mass is 16.3. The summed E-state index contributed by atoms with van der Waals surface area (Å²) in [5.74, 6) is -0.455. The lowest BCUT2D eigenvalue weighted by molar-refractivity contribution is -0.141. The Morgan fingerprint density at radius 2 is 1.56 bits per heavy atom. The van der Waals surface area contributed by atoms with Gasteiger partial charge in [-0.3, -0.25) is 4.79 Å². The number of Topliss-reactive ketones (excluding diaryl/α,β-unsaturated/α-hetero) is 1. The Labute approximate surface area is 216 Å². The van der Waals surface area contributed by atoms with Crippen molar-refractivity contribution in [2.24, 2.45) is 45.3 Å². The van der Waals surface area contributed by atoms with Crippen molar-refractivity contribution in [3.63, 3.8) is 0 Å². The van der Waals surface area contributed by atoms with Crippen molar-refractivity contribution in [2.45, 2.75) is 123 Å². The van der Waals surface area contributed by atoms with Crippen LogP contribution in [0.4, 0.5) is 0 Å². The molecule has 0 amide bonds. The first kappa shape index (κ1) is 26.8. The number of carbonyl (C=O) groups is 1. The van der Waals surface area contributed by atoms with E-state index in [1.54, 1.807) is 13.8 Å². The molecule has 5 aliphatic carbocycles. The zero-order chi connectivity index (χ0) is 26.8. The zero-order valence-electron chi connectivity index (χ0n) is 23.2. The Morgan fingerprint density at radius 1 is 0.917 bits per heavy atom. The van der Waals surface area contributed by atoms with Crippen LogP contribution in [0.2, 0.25) is 0 Å². The van der Waals surface area contributed by atoms with E-state index in [0.717, 1.165) is 18.4 Å². The van der Waals surface area contributed by atoms with Gasteiger partial charge in [0.05, 0.1) is 30.0 Å². The van der Waals surface area contributed by atoms with Crippen LogP contribution in [0.15, 0.2) is 11.1 Å². The number of carbonyl (C=O) groups excluding carboxylic acids is 1. The van der Waals surface area contributed by atoms with Gasteiger partial charge in [0.1, 0.15) is 0 Å². The van der Waals surface area contributed by atoms with Gasteiger partial charge in [0.2, 0.25) is 0 Å². The highest BCUT2D eigenvalue weighted by molar-refractivity contribution is 6.00. The Bertz CT molecular complexity index is 978. The molecule has 6 nitrogen and oxygen atoms in total. The monoisotopic (exact) mass is 504 g/mol. The van der Waals surface area contributed by atoms with Crippen LogP contribution >= 0.6 is 0 Å². The Balaban J connectivity index is 1.61. The summed E-state index contributed by atoms with van der Waals surface area (Å²) in [6, 6.07) is 0. The van der Waals surface area contributed by atoms with E-state index in [1.807, 2.05) is 20.8 Å². The highest BCUT2D eigenvalue weighted by Gasteiger charge is 2.71. The van der Waals surface area contributed by atoms with Crippen LogP contribution in [0.5, 0.6) is 0 Å². The van der Waals surface area contributed by atoms with Crippen molar-refractivity contribution < 1.29 is 30.3 Å². The van der Waals surface area contributed by atoms with E-state index in [1.165, 1.54) is 0 Å². The second-order valence-corrected chi connectivity index (χ2v) is 15.0. The first-order valence-electron chi connectivity index (χ1n) is 14.1. The van der Waals surface area contributed by atoms with Gasteiger partial charge in [0, 0.05) is 23.3 Å². The van der Waals surface area contributed by atoms with Crippen LogP contribution in [0.3, 0.4) is 0 Å². The lowest BCUT2D eigenvalue weighted by atomic mass is 9.42. The van der Waals surface area contributed by atoms with Crippen molar-refractivity contribution in [3.8, 4) is 0 Å². The Kier molecular flexibility index (Phi) is 5.86. The smallest absolute Gasteiger partial charge is 0.159 e. The molecule has 0 aliphatic heterocycles. The zero-order valence-corrected chi connectivity index (χ0v) is 23.2. The number of hydrogen-bond donors (Lipinski definition) is 5. The fourth-order valence-electron chi connectivity index (χ4n) is 10.4. The molecule has 0 heterocycles. The van der Waals surface area contributed by atoms with Gasteiger partial charge >= 0.3 is 0 Å². The van der Waals surface area contributed by atoms with Gasteiger partial charge in [-0.15, -0.1) is 0 Å². The van der Waals surface area contributed by atoms with E-state index in [2.05, 4.69) is 13.8 Å². The number of rotatable bonds is 2. The quantitative estimate of drug-likeness (QED) is 0.394. The number of aliphatic hydroxyl groups excluding tert-OH is 4. The molecular weight excluding hydrogens is 456 g/mol. The molecule has 0 bridgehead atoms. The van der Waals surface area contributed by atoms with E-state index >= 15 is 0 Å². The largest absolute Gasteiger partial charge is 0.393 e. The molecule has 5 rings (SSSR count). The lowest BCUT2D eigenvalue weighted by Gasteiger charge is -2.62. The van der Waals surface area contributed by atoms with Gasteiger partial charge < -0.3 is 25.5 Å². The molecule has 36 heavy (non-hydrogen) atoms. The third kappa shape index (κ3) is 3.17. The third-order valence-corrected chi connectivity index (χ3v) is 12.7. The maximum Gasteiger partial charge on any atom is 0.159 e. The molecule has 0 saturated heterocycles. The van der Waals surface area contributed by atoms with Crippen LogP contribution < -0.4 is 0 Å². The highest BCUT2D eigenvalue weighted by Crippen LogP contribution is 2.72. The topological polar surface area (TPSA) is 118 Å². The van der Waals surface area contributed by atoms with Crippen molar-refractivity contribution in [1.82, 2.24) is 0 Å². The van der Waals surface area contributed by atoms with E-state index in [9.17, 15) is 30.3 Å². The van der Waals surface area contributed by atoms with Gasteiger partial charge in [-0.25, -0.2) is 0 Å². The molecule has 5 aliphatic rings. The van der Waals surface area contributed by atoms with Crippen LogP contribution in [-0.4, -0.2) is 61.3 Å². The molecule has 1 unspecified atom stereocenters. The minimum absolute atomic E-state index is 0.00293. The average molecular weight is 505 g/mol. The molecule has 0 aromatic carbocycles. The molecule has 0 aromatic rings. The predicted molar refractivity (Wildman–Crippen MR) is 137 cm³/mol. The minimum Gasteiger partial charge on any atom is -0.393 e. The number of fused-ring (bicyclic) bond motifs is 4. The summed E-state index contributed by atoms with van der Waals surface area (Å²) in [4.78, 5) is 14.0. The molecule has 0 aromatic heterocycles. The fraction of sp³-hybridized carbons (Fsp3) is 0.900. The van der Waals surface area contributed by atoms with Crippen molar-refractivity contribution in [3.05, 3.63) is 11.1 Å². The van der Waals surface area contributed by atoms with Crippen molar-refractivity contribution in [1.29, 1.82) is 0 Å². The number of ketones is 1. The van der Waals surface area contributed by atoms with Gasteiger partial charge in [-0.1, -0.05) is 34.6 Å². The average Bonchev–Trinajstić information content (AvgIpc) is 3.23. The van der Waals surface area contributed by atoms with E-state index in [-0.39, 0.29) is 29.5 Å².